The Morgan fingerprint density at radius 2 is 2.47 bits per heavy atom. The summed E-state index contributed by atoms with van der Waals surface area (Å²) in [5.74, 6) is 0. The van der Waals surface area contributed by atoms with Gasteiger partial charge in [0.1, 0.15) is 0 Å². The lowest BCUT2D eigenvalue weighted by Crippen LogP contribution is -2.30. The minimum absolute atomic E-state index is 0.326. The highest BCUT2D eigenvalue weighted by molar-refractivity contribution is 7.10. The molecule has 0 aliphatic carbocycles. The van der Waals surface area contributed by atoms with Crippen molar-refractivity contribution in [1.29, 1.82) is 0 Å². The summed E-state index contributed by atoms with van der Waals surface area (Å²) in [6, 6.07) is 4.64. The lowest BCUT2D eigenvalue weighted by molar-refractivity contribution is 0.535. The fourth-order valence-electron chi connectivity index (χ4n) is 2.18. The number of rotatable bonds is 1. The van der Waals surface area contributed by atoms with Gasteiger partial charge in [0.25, 0.3) is 0 Å². The van der Waals surface area contributed by atoms with Gasteiger partial charge in [-0.2, -0.15) is 5.10 Å². The molecule has 3 nitrogen and oxygen atoms in total. The van der Waals surface area contributed by atoms with Crippen LogP contribution < -0.4 is 5.32 Å². The molecule has 3 rings (SSSR count). The molecule has 1 aliphatic rings. The van der Waals surface area contributed by atoms with Gasteiger partial charge in [0.05, 0.1) is 11.7 Å². The van der Waals surface area contributed by atoms with Gasteiger partial charge < -0.3 is 5.32 Å². The van der Waals surface area contributed by atoms with E-state index in [9.17, 15) is 0 Å². The number of thiophene rings is 1. The fourth-order valence-corrected chi connectivity index (χ4v) is 3.10. The highest BCUT2D eigenvalue weighted by atomic mass is 32.1. The Morgan fingerprint density at radius 3 is 3.27 bits per heavy atom. The van der Waals surface area contributed by atoms with Crippen LogP contribution in [0.3, 0.4) is 0 Å². The maximum absolute atomic E-state index is 4.23. The minimum atomic E-state index is 0.326. The van der Waals surface area contributed by atoms with E-state index in [1.165, 1.54) is 16.1 Å². The van der Waals surface area contributed by atoms with Crippen LogP contribution in [0.2, 0.25) is 0 Å². The molecular weight excluding hydrogens is 206 g/mol. The van der Waals surface area contributed by atoms with Gasteiger partial charge in [0.15, 0.2) is 0 Å². The Hall–Kier alpha value is -1.13. The number of aromatic nitrogens is 2. The van der Waals surface area contributed by atoms with Crippen molar-refractivity contribution >= 4 is 11.3 Å². The van der Waals surface area contributed by atoms with Crippen LogP contribution in [0.15, 0.2) is 23.7 Å². The van der Waals surface area contributed by atoms with Crippen molar-refractivity contribution in [2.24, 2.45) is 7.05 Å². The van der Waals surface area contributed by atoms with E-state index in [1.807, 2.05) is 29.3 Å². The van der Waals surface area contributed by atoms with Gasteiger partial charge in [-0.1, -0.05) is 0 Å². The number of nitrogens with zero attached hydrogens (tertiary/aromatic N) is 2. The molecule has 0 bridgehead atoms. The summed E-state index contributed by atoms with van der Waals surface area (Å²) in [7, 11) is 2.00. The fraction of sp³-hybridized carbons (Fsp3) is 0.364. The van der Waals surface area contributed by atoms with Crippen LogP contribution in [-0.2, 0) is 13.5 Å². The highest BCUT2D eigenvalue weighted by Crippen LogP contribution is 2.31. The molecule has 2 aromatic heterocycles. The first-order chi connectivity index (χ1) is 7.36. The van der Waals surface area contributed by atoms with Crippen LogP contribution in [0.5, 0.6) is 0 Å². The summed E-state index contributed by atoms with van der Waals surface area (Å²) in [4.78, 5) is 1.51. The van der Waals surface area contributed by atoms with Crippen molar-refractivity contribution in [2.75, 3.05) is 6.54 Å². The number of nitrogens with one attached hydrogen (secondary N) is 1. The maximum Gasteiger partial charge on any atom is 0.0759 e. The van der Waals surface area contributed by atoms with Crippen molar-refractivity contribution in [3.63, 3.8) is 0 Å². The SMILES string of the molecule is Cn1nccc1C1NCCc2sccc21. The van der Waals surface area contributed by atoms with Crippen molar-refractivity contribution in [3.05, 3.63) is 39.8 Å². The normalized spacial score (nSPS) is 20.2. The Labute approximate surface area is 92.7 Å². The van der Waals surface area contributed by atoms with Crippen LogP contribution in [0, 0.1) is 0 Å². The summed E-state index contributed by atoms with van der Waals surface area (Å²) < 4.78 is 1.95. The van der Waals surface area contributed by atoms with Gasteiger partial charge in [-0.25, -0.2) is 0 Å². The third kappa shape index (κ3) is 1.41. The van der Waals surface area contributed by atoms with E-state index in [-0.39, 0.29) is 0 Å². The molecule has 0 fully saturated rings. The molecule has 0 aromatic carbocycles. The molecular formula is C11H13N3S. The molecule has 78 valence electrons. The smallest absolute Gasteiger partial charge is 0.0759 e. The van der Waals surface area contributed by atoms with Gasteiger partial charge in [0.2, 0.25) is 0 Å². The first kappa shape index (κ1) is 9.12. The molecule has 0 radical (unpaired) electrons. The largest absolute Gasteiger partial charge is 0.305 e. The molecule has 3 heterocycles. The van der Waals surface area contributed by atoms with E-state index in [2.05, 4.69) is 27.9 Å². The van der Waals surface area contributed by atoms with Crippen LogP contribution >= 0.6 is 11.3 Å². The van der Waals surface area contributed by atoms with Crippen LogP contribution in [0.1, 0.15) is 22.2 Å². The zero-order chi connectivity index (χ0) is 10.3. The quantitative estimate of drug-likeness (QED) is 0.791. The first-order valence-corrected chi connectivity index (χ1v) is 6.02. The average molecular weight is 219 g/mol. The summed E-state index contributed by atoms with van der Waals surface area (Å²) in [5.41, 5.74) is 2.67. The van der Waals surface area contributed by atoms with Crippen molar-refractivity contribution in [1.82, 2.24) is 15.1 Å². The minimum Gasteiger partial charge on any atom is -0.305 e. The highest BCUT2D eigenvalue weighted by Gasteiger charge is 2.23. The van der Waals surface area contributed by atoms with Gasteiger partial charge in [-0.15, -0.1) is 11.3 Å². The number of hydrogen-bond donors (Lipinski definition) is 1. The van der Waals surface area contributed by atoms with Crippen LogP contribution in [0.4, 0.5) is 0 Å². The molecule has 0 saturated carbocycles. The summed E-state index contributed by atoms with van der Waals surface area (Å²) in [5, 5.41) is 9.96. The second-order valence-electron chi connectivity index (χ2n) is 3.82. The molecule has 0 saturated heterocycles. The number of fused-ring (bicyclic) bond motifs is 1. The molecule has 15 heavy (non-hydrogen) atoms. The van der Waals surface area contributed by atoms with E-state index < -0.39 is 0 Å². The number of aryl methyl sites for hydroxylation is 1. The Balaban J connectivity index is 2.07. The summed E-state index contributed by atoms with van der Waals surface area (Å²) in [6.07, 6.45) is 3.01. The van der Waals surface area contributed by atoms with E-state index in [1.54, 1.807) is 0 Å². The number of hydrogen-bond acceptors (Lipinski definition) is 3. The standard InChI is InChI=1S/C11H13N3S/c1-14-9(2-6-13-14)11-8-4-7-15-10(8)3-5-12-11/h2,4,6-7,11-12H,3,5H2,1H3. The van der Waals surface area contributed by atoms with E-state index in [0.717, 1.165) is 13.0 Å². The maximum atomic E-state index is 4.23. The Kier molecular flexibility index (Phi) is 2.11. The first-order valence-electron chi connectivity index (χ1n) is 5.14. The third-order valence-electron chi connectivity index (χ3n) is 2.95. The monoisotopic (exact) mass is 219 g/mol. The van der Waals surface area contributed by atoms with Gasteiger partial charge >= 0.3 is 0 Å². The molecule has 1 unspecified atom stereocenters. The second-order valence-corrected chi connectivity index (χ2v) is 4.82. The molecule has 0 spiro atoms. The molecule has 1 aliphatic heterocycles. The summed E-state index contributed by atoms with van der Waals surface area (Å²) >= 11 is 1.86. The van der Waals surface area contributed by atoms with Crippen molar-refractivity contribution < 1.29 is 0 Å². The van der Waals surface area contributed by atoms with E-state index >= 15 is 0 Å². The lowest BCUT2D eigenvalue weighted by atomic mass is 10.00. The van der Waals surface area contributed by atoms with Crippen LogP contribution in [0.25, 0.3) is 0 Å². The lowest BCUT2D eigenvalue weighted by Gasteiger charge is -2.24. The predicted molar refractivity (Wildman–Crippen MR) is 61.1 cm³/mol. The van der Waals surface area contributed by atoms with Gasteiger partial charge in [-0.3, -0.25) is 4.68 Å². The third-order valence-corrected chi connectivity index (χ3v) is 3.94. The van der Waals surface area contributed by atoms with Gasteiger partial charge in [-0.05, 0) is 29.5 Å². The second kappa shape index (κ2) is 3.47. The Morgan fingerprint density at radius 1 is 1.53 bits per heavy atom. The van der Waals surface area contributed by atoms with Gasteiger partial charge in [0, 0.05) is 24.7 Å². The summed E-state index contributed by atoms with van der Waals surface area (Å²) in [6.45, 7) is 1.06. The predicted octanol–water partition coefficient (Wildman–Crippen LogP) is 1.72. The van der Waals surface area contributed by atoms with Crippen LogP contribution in [-0.4, -0.2) is 16.3 Å². The van der Waals surface area contributed by atoms with E-state index in [4.69, 9.17) is 0 Å². The molecule has 4 heteroatoms. The molecule has 1 atom stereocenters. The Bertz CT molecular complexity index is 472. The van der Waals surface area contributed by atoms with Crippen molar-refractivity contribution in [2.45, 2.75) is 12.5 Å². The molecule has 0 amide bonds. The zero-order valence-corrected chi connectivity index (χ0v) is 9.42. The average Bonchev–Trinajstić information content (AvgIpc) is 2.85. The molecule has 1 N–H and O–H groups in total. The zero-order valence-electron chi connectivity index (χ0n) is 8.60. The topological polar surface area (TPSA) is 29.9 Å². The van der Waals surface area contributed by atoms with E-state index in [0.29, 0.717) is 6.04 Å². The van der Waals surface area contributed by atoms with Crippen molar-refractivity contribution in [3.8, 4) is 0 Å². The molecule has 2 aromatic rings.